The van der Waals surface area contributed by atoms with Crippen LogP contribution in [0.15, 0.2) is 66.9 Å². The zero-order valence-corrected chi connectivity index (χ0v) is 41.9. The average Bonchev–Trinajstić information content (AvgIpc) is 4.15. The lowest BCUT2D eigenvalue weighted by Gasteiger charge is -2.33. The summed E-state index contributed by atoms with van der Waals surface area (Å²) in [5.74, 6) is -5.00. The second-order valence-corrected chi connectivity index (χ2v) is 21.3. The molecule has 378 valence electrons. The van der Waals surface area contributed by atoms with E-state index < -0.39 is 95.6 Å². The molecule has 4 saturated heterocycles. The maximum atomic E-state index is 14.8. The van der Waals surface area contributed by atoms with Crippen LogP contribution in [0, 0.1) is 11.8 Å². The van der Waals surface area contributed by atoms with Gasteiger partial charge in [0.1, 0.15) is 48.3 Å². The Labute approximate surface area is 417 Å². The van der Waals surface area contributed by atoms with Crippen molar-refractivity contribution in [3.05, 3.63) is 78.0 Å². The number of carbonyl (C=O) groups is 9. The van der Waals surface area contributed by atoms with Crippen molar-refractivity contribution in [1.82, 2.24) is 47.0 Å². The summed E-state index contributed by atoms with van der Waals surface area (Å²) in [6, 6.07) is 10.3. The van der Waals surface area contributed by atoms with Gasteiger partial charge in [0.25, 0.3) is 0 Å². The molecule has 18 nitrogen and oxygen atoms in total. The van der Waals surface area contributed by atoms with Crippen molar-refractivity contribution < 1.29 is 43.2 Å². The van der Waals surface area contributed by atoms with Crippen molar-refractivity contribution in [2.75, 3.05) is 24.6 Å². The Morgan fingerprint density at radius 1 is 0.729 bits per heavy atom. The fourth-order valence-electron chi connectivity index (χ4n) is 9.06. The van der Waals surface area contributed by atoms with Gasteiger partial charge in [-0.2, -0.15) is 0 Å². The number of hydrogen-bond donors (Lipinski definition) is 7. The summed E-state index contributed by atoms with van der Waals surface area (Å²) in [5.41, 5.74) is 1.60. The molecule has 4 aliphatic rings. The molecule has 4 heterocycles. The molecule has 2 aromatic rings. The van der Waals surface area contributed by atoms with Crippen LogP contribution in [0.2, 0.25) is 0 Å². The molecular formula is C50H67N9O9S2. The highest BCUT2D eigenvalue weighted by molar-refractivity contribution is 8.76. The number of nitrogens with zero attached hydrogens (tertiary/aromatic N) is 2. The van der Waals surface area contributed by atoms with E-state index in [0.29, 0.717) is 38.5 Å². The predicted molar refractivity (Wildman–Crippen MR) is 268 cm³/mol. The Morgan fingerprint density at radius 3 is 2.04 bits per heavy atom. The molecule has 0 spiro atoms. The number of hydrogen-bond acceptors (Lipinski definition) is 11. The van der Waals surface area contributed by atoms with Crippen LogP contribution in [-0.2, 0) is 49.6 Å². The zero-order valence-electron chi connectivity index (χ0n) is 40.3. The normalized spacial score (nSPS) is 24.9. The second-order valence-electron chi connectivity index (χ2n) is 18.8. The van der Waals surface area contributed by atoms with Gasteiger partial charge in [-0.05, 0) is 67.6 Å². The first-order valence-electron chi connectivity index (χ1n) is 24.4. The van der Waals surface area contributed by atoms with Gasteiger partial charge >= 0.3 is 0 Å². The molecule has 20 heteroatoms. The van der Waals surface area contributed by atoms with E-state index in [1.54, 1.807) is 13.0 Å². The van der Waals surface area contributed by atoms with Crippen molar-refractivity contribution in [2.45, 2.75) is 134 Å². The van der Waals surface area contributed by atoms with Crippen LogP contribution in [0.3, 0.4) is 0 Å². The molecule has 6 rings (SSSR count). The summed E-state index contributed by atoms with van der Waals surface area (Å²) in [5, 5.41) is 19.7. The Hall–Kier alpha value is -5.89. The first-order valence-corrected chi connectivity index (χ1v) is 26.8. The SMILES string of the molecule is CC[C@H](C)[C@H](NC(=O)[C@@H]1CCC(=O)N1)C(=O)N[C@@H](CC(C)C)C(=O)N[C@H]1CSSC[C@@H](C(=O)N/C=C\c2ccccc2)NC(=O)[C@H](Cc2ccccc2)NC(=O)[C@@H]2CCCN2C(=O)[C@@H]2CCCN2C1=O. The number of fused-ring (bicyclic) bond motifs is 2. The van der Waals surface area contributed by atoms with E-state index in [0.717, 1.165) is 11.1 Å². The molecule has 9 atom stereocenters. The summed E-state index contributed by atoms with van der Waals surface area (Å²) in [7, 11) is 2.38. The van der Waals surface area contributed by atoms with E-state index in [1.165, 1.54) is 37.6 Å². The molecule has 0 aromatic heterocycles. The lowest BCUT2D eigenvalue weighted by atomic mass is 9.96. The molecule has 4 fully saturated rings. The first kappa shape index (κ1) is 53.5. The van der Waals surface area contributed by atoms with Gasteiger partial charge in [0.15, 0.2) is 0 Å². The number of nitrogens with one attached hydrogen (secondary N) is 7. The maximum absolute atomic E-state index is 14.8. The van der Waals surface area contributed by atoms with Crippen LogP contribution in [-0.4, -0.2) is 136 Å². The molecule has 70 heavy (non-hydrogen) atoms. The minimum Gasteiger partial charge on any atom is -0.344 e. The van der Waals surface area contributed by atoms with Crippen molar-refractivity contribution in [2.24, 2.45) is 11.8 Å². The van der Waals surface area contributed by atoms with Crippen molar-refractivity contribution >= 4 is 80.8 Å². The second kappa shape index (κ2) is 25.8. The van der Waals surface area contributed by atoms with E-state index in [-0.39, 0.29) is 61.6 Å². The molecule has 0 bridgehead atoms. The summed E-state index contributed by atoms with van der Waals surface area (Å²) < 4.78 is 0. The lowest BCUT2D eigenvalue weighted by molar-refractivity contribution is -0.148. The van der Waals surface area contributed by atoms with Crippen LogP contribution in [0.4, 0.5) is 0 Å². The molecular weight excluding hydrogens is 935 g/mol. The van der Waals surface area contributed by atoms with Crippen molar-refractivity contribution in [3.63, 3.8) is 0 Å². The van der Waals surface area contributed by atoms with Gasteiger partial charge < -0.3 is 47.0 Å². The fourth-order valence-corrected chi connectivity index (χ4v) is 11.4. The highest BCUT2D eigenvalue weighted by Gasteiger charge is 2.45. The van der Waals surface area contributed by atoms with Crippen LogP contribution >= 0.6 is 21.6 Å². The van der Waals surface area contributed by atoms with E-state index in [4.69, 9.17) is 0 Å². The van der Waals surface area contributed by atoms with Gasteiger partial charge in [-0.15, -0.1) is 0 Å². The van der Waals surface area contributed by atoms with Gasteiger partial charge in [0, 0.05) is 43.6 Å². The minimum absolute atomic E-state index is 0.0167. The Morgan fingerprint density at radius 2 is 1.39 bits per heavy atom. The molecule has 2 aromatic carbocycles. The summed E-state index contributed by atoms with van der Waals surface area (Å²) in [6.45, 7) is 7.93. The molecule has 0 unspecified atom stereocenters. The quantitative estimate of drug-likeness (QED) is 0.128. The summed E-state index contributed by atoms with van der Waals surface area (Å²) in [4.78, 5) is 128. The highest BCUT2D eigenvalue weighted by Crippen LogP contribution is 2.29. The monoisotopic (exact) mass is 1000 g/mol. The molecule has 9 amide bonds. The fraction of sp³-hybridized carbons (Fsp3) is 0.540. The third-order valence-corrected chi connectivity index (χ3v) is 15.5. The largest absolute Gasteiger partial charge is 0.344 e. The number of carbonyl (C=O) groups excluding carboxylic acids is 9. The molecule has 0 saturated carbocycles. The molecule has 4 aliphatic heterocycles. The highest BCUT2D eigenvalue weighted by atomic mass is 33.1. The lowest BCUT2D eigenvalue weighted by Crippen LogP contribution is -2.61. The summed E-state index contributed by atoms with van der Waals surface area (Å²) in [6.07, 6.45) is 6.21. The predicted octanol–water partition coefficient (Wildman–Crippen LogP) is 2.19. The number of benzene rings is 2. The third-order valence-electron chi connectivity index (χ3n) is 13.1. The average molecular weight is 1000 g/mol. The number of rotatable bonds is 15. The van der Waals surface area contributed by atoms with Gasteiger partial charge in [-0.25, -0.2) is 0 Å². The third kappa shape index (κ3) is 14.6. The van der Waals surface area contributed by atoms with Gasteiger partial charge in [0.2, 0.25) is 53.2 Å². The van der Waals surface area contributed by atoms with Crippen LogP contribution in [0.1, 0.15) is 90.2 Å². The minimum atomic E-state index is -1.21. The standard InChI is InChI=1S/C50H67N9O9S2/c1-5-31(4)42(57-44(62)34-20-21-41(60)52-34)48(66)54-35(26-30(2)3)45(63)56-38-29-70-69-28-37(43(61)51-23-22-32-14-8-6-9-15-32)55-46(64)36(27-33-16-10-7-11-17-33)53-47(65)39-18-12-24-58(39)50(68)40-19-13-25-59(40)49(38)67/h6-11,14-17,22-23,30-31,34-40,42H,5,12-13,18-21,24-29H2,1-4H3,(H,51,61)(H,52,60)(H,53,65)(H,54,66)(H,55,64)(H,56,63)(H,57,62)/b23-22-/t31-,34-,35-,36-,37-,38-,39-,40-,42-/m0/s1. The van der Waals surface area contributed by atoms with Crippen LogP contribution in [0.25, 0.3) is 6.08 Å². The van der Waals surface area contributed by atoms with E-state index in [2.05, 4.69) is 37.2 Å². The van der Waals surface area contributed by atoms with Crippen LogP contribution in [0.5, 0.6) is 0 Å². The topological polar surface area (TPSA) is 244 Å². The Bertz CT molecular complexity index is 2240. The van der Waals surface area contributed by atoms with Crippen molar-refractivity contribution in [3.8, 4) is 0 Å². The van der Waals surface area contributed by atoms with Crippen LogP contribution < -0.4 is 37.2 Å². The number of amides is 9. The van der Waals surface area contributed by atoms with Gasteiger partial charge in [0.05, 0.1) is 0 Å². The zero-order chi connectivity index (χ0) is 50.3. The van der Waals surface area contributed by atoms with E-state index in [9.17, 15) is 43.2 Å². The Kier molecular flexibility index (Phi) is 19.7. The Balaban J connectivity index is 1.27. The van der Waals surface area contributed by atoms with Gasteiger partial charge in [-0.3, -0.25) is 43.2 Å². The van der Waals surface area contributed by atoms with E-state index in [1.807, 2.05) is 81.4 Å². The smallest absolute Gasteiger partial charge is 0.247 e. The van der Waals surface area contributed by atoms with Gasteiger partial charge in [-0.1, -0.05) is 116 Å². The first-order chi connectivity index (χ1) is 33.6. The maximum Gasteiger partial charge on any atom is 0.247 e. The molecule has 0 aliphatic carbocycles. The summed E-state index contributed by atoms with van der Waals surface area (Å²) >= 11 is 0. The molecule has 0 radical (unpaired) electrons. The van der Waals surface area contributed by atoms with E-state index >= 15 is 0 Å². The van der Waals surface area contributed by atoms with Crippen molar-refractivity contribution in [1.29, 1.82) is 0 Å². The molecule has 7 N–H and O–H groups in total.